The van der Waals surface area contributed by atoms with Gasteiger partial charge in [0.05, 0.1) is 0 Å². The third-order valence-corrected chi connectivity index (χ3v) is 3.69. The van der Waals surface area contributed by atoms with Crippen LogP contribution < -0.4 is 0 Å². The topological polar surface area (TPSA) is 74.0 Å². The van der Waals surface area contributed by atoms with E-state index in [4.69, 9.17) is 9.52 Å². The average Bonchev–Trinajstić information content (AvgIpc) is 3.14. The van der Waals surface area contributed by atoms with E-state index in [1.807, 2.05) is 0 Å². The third-order valence-electron chi connectivity index (χ3n) is 3.69. The van der Waals surface area contributed by atoms with Crippen molar-refractivity contribution in [3.63, 3.8) is 0 Å². The highest BCUT2D eigenvalue weighted by molar-refractivity contribution is 5.93. The van der Waals surface area contributed by atoms with Gasteiger partial charge in [-0.3, -0.25) is 9.69 Å². The van der Waals surface area contributed by atoms with Gasteiger partial charge in [0.25, 0.3) is 5.91 Å². The van der Waals surface area contributed by atoms with Crippen LogP contribution in [0.4, 0.5) is 0 Å². The summed E-state index contributed by atoms with van der Waals surface area (Å²) in [4.78, 5) is 27.0. The van der Waals surface area contributed by atoms with Gasteiger partial charge in [-0.05, 0) is 25.0 Å². The molecule has 1 aromatic heterocycles. The van der Waals surface area contributed by atoms with E-state index in [0.717, 1.165) is 19.1 Å². The molecule has 19 heavy (non-hydrogen) atoms. The van der Waals surface area contributed by atoms with Crippen LogP contribution in [-0.4, -0.2) is 59.0 Å². The number of piperazine rings is 1. The number of amides is 1. The van der Waals surface area contributed by atoms with Gasteiger partial charge in [0.15, 0.2) is 5.76 Å². The molecular weight excluding hydrogens is 248 g/mol. The number of hydrogen-bond acceptors (Lipinski definition) is 4. The van der Waals surface area contributed by atoms with E-state index in [1.165, 1.54) is 25.0 Å². The minimum Gasteiger partial charge on any atom is -0.475 e. The number of carboxylic acid groups (broad SMARTS) is 1. The zero-order valence-corrected chi connectivity index (χ0v) is 10.5. The fraction of sp³-hybridized carbons (Fsp3) is 0.538. The fourth-order valence-corrected chi connectivity index (χ4v) is 2.45. The molecule has 1 aromatic rings. The van der Waals surface area contributed by atoms with E-state index in [-0.39, 0.29) is 17.4 Å². The minimum atomic E-state index is -1.15. The second kappa shape index (κ2) is 4.70. The molecule has 0 spiro atoms. The zero-order valence-electron chi connectivity index (χ0n) is 10.5. The molecule has 0 aromatic carbocycles. The number of nitrogens with zero attached hydrogens (tertiary/aromatic N) is 2. The molecule has 6 heteroatoms. The van der Waals surface area contributed by atoms with Crippen molar-refractivity contribution in [2.75, 3.05) is 26.2 Å². The van der Waals surface area contributed by atoms with Gasteiger partial charge in [-0.25, -0.2) is 4.79 Å². The SMILES string of the molecule is O=C(O)c1ccc(C(=O)N2CCN(C3CC3)CC2)o1. The van der Waals surface area contributed by atoms with Crippen LogP contribution in [0, 0.1) is 0 Å². The monoisotopic (exact) mass is 264 g/mol. The Balaban J connectivity index is 1.62. The Labute approximate surface area is 110 Å². The van der Waals surface area contributed by atoms with Gasteiger partial charge in [-0.15, -0.1) is 0 Å². The summed E-state index contributed by atoms with van der Waals surface area (Å²) in [6.45, 7) is 3.14. The van der Waals surface area contributed by atoms with E-state index in [9.17, 15) is 9.59 Å². The lowest BCUT2D eigenvalue weighted by Crippen LogP contribution is -2.49. The molecule has 2 fully saturated rings. The van der Waals surface area contributed by atoms with Crippen LogP contribution >= 0.6 is 0 Å². The first kappa shape index (κ1) is 12.2. The molecule has 0 atom stereocenters. The molecule has 3 rings (SSSR count). The van der Waals surface area contributed by atoms with Crippen LogP contribution in [0.2, 0.25) is 0 Å². The molecule has 1 saturated carbocycles. The first-order chi connectivity index (χ1) is 9.15. The molecule has 0 radical (unpaired) electrons. The lowest BCUT2D eigenvalue weighted by Gasteiger charge is -2.34. The van der Waals surface area contributed by atoms with Gasteiger partial charge in [-0.1, -0.05) is 0 Å². The highest BCUT2D eigenvalue weighted by atomic mass is 16.4. The third kappa shape index (κ3) is 2.49. The van der Waals surface area contributed by atoms with Crippen LogP contribution in [0.15, 0.2) is 16.5 Å². The predicted octanol–water partition coefficient (Wildman–Crippen LogP) is 0.898. The van der Waals surface area contributed by atoms with Crippen molar-refractivity contribution in [1.82, 2.24) is 9.80 Å². The normalized spacial score (nSPS) is 20.5. The second-order valence-electron chi connectivity index (χ2n) is 5.03. The van der Waals surface area contributed by atoms with Crippen molar-refractivity contribution in [1.29, 1.82) is 0 Å². The van der Waals surface area contributed by atoms with E-state index in [1.54, 1.807) is 4.90 Å². The highest BCUT2D eigenvalue weighted by Gasteiger charge is 2.33. The predicted molar refractivity (Wildman–Crippen MR) is 66.2 cm³/mol. The molecule has 6 nitrogen and oxygen atoms in total. The second-order valence-corrected chi connectivity index (χ2v) is 5.03. The minimum absolute atomic E-state index is 0.109. The molecule has 1 aliphatic heterocycles. The van der Waals surface area contributed by atoms with Crippen molar-refractivity contribution in [3.05, 3.63) is 23.7 Å². The summed E-state index contributed by atoms with van der Waals surface area (Å²) in [5.74, 6) is -1.46. The number of hydrogen-bond donors (Lipinski definition) is 1. The van der Waals surface area contributed by atoms with Crippen LogP contribution in [-0.2, 0) is 0 Å². The molecule has 1 aliphatic carbocycles. The van der Waals surface area contributed by atoms with Crippen LogP contribution in [0.25, 0.3) is 0 Å². The fourth-order valence-electron chi connectivity index (χ4n) is 2.45. The van der Waals surface area contributed by atoms with Crippen molar-refractivity contribution in [3.8, 4) is 0 Å². The summed E-state index contributed by atoms with van der Waals surface area (Å²) in [5, 5.41) is 8.77. The summed E-state index contributed by atoms with van der Waals surface area (Å²) in [6.07, 6.45) is 2.54. The summed E-state index contributed by atoms with van der Waals surface area (Å²) < 4.78 is 5.04. The number of furan rings is 1. The Hall–Kier alpha value is -1.82. The van der Waals surface area contributed by atoms with E-state index in [0.29, 0.717) is 13.1 Å². The number of carboxylic acids is 1. The first-order valence-corrected chi connectivity index (χ1v) is 6.51. The molecule has 1 amide bonds. The molecule has 0 bridgehead atoms. The van der Waals surface area contributed by atoms with E-state index in [2.05, 4.69) is 4.90 Å². The Morgan fingerprint density at radius 1 is 1.11 bits per heavy atom. The lowest BCUT2D eigenvalue weighted by molar-refractivity contribution is 0.0584. The van der Waals surface area contributed by atoms with E-state index < -0.39 is 5.97 Å². The standard InChI is InChI=1S/C13H16N2O4/c16-12(10-3-4-11(19-10)13(17)18)15-7-5-14(6-8-15)9-1-2-9/h3-4,9H,1-2,5-8H2,(H,17,18). The molecule has 2 aliphatic rings. The molecule has 1 N–H and O–H groups in total. The molecule has 2 heterocycles. The maximum atomic E-state index is 12.1. The zero-order chi connectivity index (χ0) is 13.4. The molecule has 0 unspecified atom stereocenters. The quantitative estimate of drug-likeness (QED) is 0.878. The maximum Gasteiger partial charge on any atom is 0.371 e. The van der Waals surface area contributed by atoms with Gasteiger partial charge in [0, 0.05) is 32.2 Å². The number of rotatable bonds is 3. The van der Waals surface area contributed by atoms with Gasteiger partial charge >= 0.3 is 5.97 Å². The number of aromatic carboxylic acids is 1. The highest BCUT2D eigenvalue weighted by Crippen LogP contribution is 2.27. The Morgan fingerprint density at radius 2 is 1.74 bits per heavy atom. The summed E-state index contributed by atoms with van der Waals surface area (Å²) in [5.41, 5.74) is 0. The molecular formula is C13H16N2O4. The van der Waals surface area contributed by atoms with Crippen molar-refractivity contribution in [2.24, 2.45) is 0 Å². The van der Waals surface area contributed by atoms with Crippen molar-refractivity contribution in [2.45, 2.75) is 18.9 Å². The Kier molecular flexibility index (Phi) is 3.02. The van der Waals surface area contributed by atoms with Gasteiger partial charge in [0.1, 0.15) is 0 Å². The van der Waals surface area contributed by atoms with Crippen LogP contribution in [0.1, 0.15) is 34.0 Å². The Morgan fingerprint density at radius 3 is 2.26 bits per heavy atom. The number of carbonyl (C=O) groups excluding carboxylic acids is 1. The van der Waals surface area contributed by atoms with Crippen molar-refractivity contribution < 1.29 is 19.1 Å². The smallest absolute Gasteiger partial charge is 0.371 e. The first-order valence-electron chi connectivity index (χ1n) is 6.51. The van der Waals surface area contributed by atoms with Gasteiger partial charge in [0.2, 0.25) is 5.76 Å². The van der Waals surface area contributed by atoms with Crippen LogP contribution in [0.5, 0.6) is 0 Å². The van der Waals surface area contributed by atoms with E-state index >= 15 is 0 Å². The maximum absolute atomic E-state index is 12.1. The summed E-state index contributed by atoms with van der Waals surface area (Å²) >= 11 is 0. The lowest BCUT2D eigenvalue weighted by atomic mass is 10.3. The summed E-state index contributed by atoms with van der Waals surface area (Å²) in [7, 11) is 0. The largest absolute Gasteiger partial charge is 0.475 e. The van der Waals surface area contributed by atoms with Gasteiger partial charge in [-0.2, -0.15) is 0 Å². The Bertz CT molecular complexity index is 498. The van der Waals surface area contributed by atoms with Crippen molar-refractivity contribution >= 4 is 11.9 Å². The number of carbonyl (C=O) groups is 2. The average molecular weight is 264 g/mol. The van der Waals surface area contributed by atoms with Crippen LogP contribution in [0.3, 0.4) is 0 Å². The summed E-state index contributed by atoms with van der Waals surface area (Å²) in [6, 6.07) is 3.47. The molecule has 1 saturated heterocycles. The van der Waals surface area contributed by atoms with Gasteiger partial charge < -0.3 is 14.4 Å². The molecule has 102 valence electrons.